The van der Waals surface area contributed by atoms with Crippen LogP contribution in [0.2, 0.25) is 0 Å². The summed E-state index contributed by atoms with van der Waals surface area (Å²) in [5.41, 5.74) is 1.19. The number of likely N-dealkylation sites (tertiary alicyclic amines) is 1. The Kier molecular flexibility index (Phi) is 4.22. The van der Waals surface area contributed by atoms with E-state index in [4.69, 9.17) is 0 Å². The van der Waals surface area contributed by atoms with Gasteiger partial charge in [-0.25, -0.2) is 8.42 Å². The molecule has 1 atom stereocenters. The molecule has 0 bridgehead atoms. The number of hydrogen-bond acceptors (Lipinski definition) is 4. The summed E-state index contributed by atoms with van der Waals surface area (Å²) in [6, 6.07) is 0.00538. The maximum Gasteiger partial charge on any atom is 0.246 e. The molecule has 7 nitrogen and oxygen atoms in total. The molecule has 1 amide bonds. The largest absolute Gasteiger partial charge is 0.338 e. The minimum absolute atomic E-state index is 0.00538. The van der Waals surface area contributed by atoms with Crippen molar-refractivity contribution in [2.24, 2.45) is 7.05 Å². The number of amides is 1. The molecule has 2 aliphatic heterocycles. The Morgan fingerprint density at radius 2 is 1.91 bits per heavy atom. The predicted molar refractivity (Wildman–Crippen MR) is 85.4 cm³/mol. The Balaban J connectivity index is 1.86. The van der Waals surface area contributed by atoms with Crippen molar-refractivity contribution in [3.8, 4) is 0 Å². The number of aromatic nitrogens is 2. The molecule has 23 heavy (non-hydrogen) atoms. The molecule has 0 spiro atoms. The van der Waals surface area contributed by atoms with Gasteiger partial charge in [0, 0.05) is 39.1 Å². The van der Waals surface area contributed by atoms with Crippen LogP contribution >= 0.6 is 0 Å². The summed E-state index contributed by atoms with van der Waals surface area (Å²) in [7, 11) is -1.82. The van der Waals surface area contributed by atoms with Crippen LogP contribution in [0.4, 0.5) is 0 Å². The first kappa shape index (κ1) is 16.4. The molecular weight excluding hydrogens is 316 g/mol. The van der Waals surface area contributed by atoms with Crippen molar-refractivity contribution < 1.29 is 13.2 Å². The van der Waals surface area contributed by atoms with Crippen molar-refractivity contribution in [3.05, 3.63) is 11.4 Å². The molecule has 8 heteroatoms. The molecule has 128 valence electrons. The third kappa shape index (κ3) is 2.78. The van der Waals surface area contributed by atoms with Gasteiger partial charge in [0.2, 0.25) is 15.9 Å². The van der Waals surface area contributed by atoms with Gasteiger partial charge >= 0.3 is 0 Å². The first-order valence-electron chi connectivity index (χ1n) is 8.12. The van der Waals surface area contributed by atoms with Crippen molar-refractivity contribution in [3.63, 3.8) is 0 Å². The average molecular weight is 340 g/mol. The summed E-state index contributed by atoms with van der Waals surface area (Å²) in [5, 5.41) is 4.23. The normalized spacial score (nSPS) is 23.7. The van der Waals surface area contributed by atoms with Crippen LogP contribution in [-0.4, -0.2) is 59.0 Å². The summed E-state index contributed by atoms with van der Waals surface area (Å²) in [6.45, 7) is 5.16. The summed E-state index contributed by atoms with van der Waals surface area (Å²) in [5.74, 6) is 0.156. The highest BCUT2D eigenvalue weighted by Crippen LogP contribution is 2.28. The number of carbonyl (C=O) groups is 1. The van der Waals surface area contributed by atoms with E-state index in [-0.39, 0.29) is 11.9 Å². The van der Waals surface area contributed by atoms with Crippen molar-refractivity contribution in [1.29, 1.82) is 0 Å². The summed E-state index contributed by atoms with van der Waals surface area (Å²) in [4.78, 5) is 14.1. The minimum Gasteiger partial charge on any atom is -0.338 e. The average Bonchev–Trinajstić information content (AvgIpc) is 3.03. The van der Waals surface area contributed by atoms with Crippen LogP contribution < -0.4 is 0 Å². The fourth-order valence-corrected chi connectivity index (χ4v) is 5.62. The zero-order chi connectivity index (χ0) is 16.8. The quantitative estimate of drug-likeness (QED) is 0.816. The molecule has 2 saturated heterocycles. The number of nitrogens with zero attached hydrogens (tertiary/aromatic N) is 4. The first-order valence-corrected chi connectivity index (χ1v) is 9.56. The third-order valence-corrected chi connectivity index (χ3v) is 7.07. The van der Waals surface area contributed by atoms with Crippen molar-refractivity contribution in [2.45, 2.75) is 50.5 Å². The maximum absolute atomic E-state index is 13.1. The highest BCUT2D eigenvalue weighted by molar-refractivity contribution is 7.89. The monoisotopic (exact) mass is 340 g/mol. The highest BCUT2D eigenvalue weighted by atomic mass is 32.2. The van der Waals surface area contributed by atoms with Crippen LogP contribution in [0.25, 0.3) is 0 Å². The standard InChI is InChI=1S/C15H24N4O3S/c1-11-15(12(2)17(3)16-11)23(21,22)18-8-4-6-13(10-18)19-9-5-7-14(19)20/h13H,4-10H2,1-3H3/t13-/m1/s1. The maximum atomic E-state index is 13.1. The third-order valence-electron chi connectivity index (χ3n) is 4.95. The molecule has 1 aromatic rings. The van der Waals surface area contributed by atoms with E-state index in [9.17, 15) is 13.2 Å². The Morgan fingerprint density at radius 1 is 1.17 bits per heavy atom. The lowest BCUT2D eigenvalue weighted by atomic mass is 10.1. The lowest BCUT2D eigenvalue weighted by Crippen LogP contribution is -2.50. The molecule has 3 heterocycles. The molecule has 0 unspecified atom stereocenters. The summed E-state index contributed by atoms with van der Waals surface area (Å²) >= 11 is 0. The number of sulfonamides is 1. The molecule has 0 saturated carbocycles. The van der Waals surface area contributed by atoms with Gasteiger partial charge in [0.15, 0.2) is 0 Å². The fourth-order valence-electron chi connectivity index (χ4n) is 3.71. The van der Waals surface area contributed by atoms with Crippen LogP contribution in [0.1, 0.15) is 37.1 Å². The van der Waals surface area contributed by atoms with E-state index in [0.29, 0.717) is 35.8 Å². The number of rotatable bonds is 3. The number of piperidine rings is 1. The Morgan fingerprint density at radius 3 is 2.48 bits per heavy atom. The first-order chi connectivity index (χ1) is 10.8. The second kappa shape index (κ2) is 5.90. The van der Waals surface area contributed by atoms with Crippen LogP contribution in [0, 0.1) is 13.8 Å². The van der Waals surface area contributed by atoms with Crippen LogP contribution in [-0.2, 0) is 21.9 Å². The van der Waals surface area contributed by atoms with Gasteiger partial charge in [-0.2, -0.15) is 9.40 Å². The van der Waals surface area contributed by atoms with Crippen molar-refractivity contribution in [1.82, 2.24) is 19.0 Å². The van der Waals surface area contributed by atoms with Gasteiger partial charge in [0.05, 0.1) is 11.4 Å². The van der Waals surface area contributed by atoms with E-state index in [1.54, 1.807) is 25.6 Å². The molecule has 0 radical (unpaired) electrons. The minimum atomic E-state index is -3.57. The Bertz CT molecular complexity index is 725. The second-order valence-corrected chi connectivity index (χ2v) is 8.35. The number of hydrogen-bond donors (Lipinski definition) is 0. The van der Waals surface area contributed by atoms with Gasteiger partial charge in [0.1, 0.15) is 4.90 Å². The van der Waals surface area contributed by atoms with Crippen LogP contribution in [0.5, 0.6) is 0 Å². The van der Waals surface area contributed by atoms with Gasteiger partial charge in [-0.05, 0) is 33.1 Å². The van der Waals surface area contributed by atoms with Gasteiger partial charge < -0.3 is 4.90 Å². The fraction of sp³-hybridized carbons (Fsp3) is 0.733. The molecular formula is C15H24N4O3S. The van der Waals surface area contributed by atoms with Gasteiger partial charge in [0.25, 0.3) is 0 Å². The van der Waals surface area contributed by atoms with E-state index in [0.717, 1.165) is 25.8 Å². The summed E-state index contributed by atoms with van der Waals surface area (Å²) < 4.78 is 29.2. The second-order valence-electron chi connectivity index (χ2n) is 6.47. The van der Waals surface area contributed by atoms with E-state index in [1.807, 2.05) is 4.90 Å². The van der Waals surface area contributed by atoms with Crippen LogP contribution in [0.3, 0.4) is 0 Å². The lowest BCUT2D eigenvalue weighted by molar-refractivity contribution is -0.130. The smallest absolute Gasteiger partial charge is 0.246 e. The topological polar surface area (TPSA) is 75.5 Å². The van der Waals surface area contributed by atoms with Gasteiger partial charge in [-0.15, -0.1) is 0 Å². The van der Waals surface area contributed by atoms with Gasteiger partial charge in [-0.3, -0.25) is 9.48 Å². The molecule has 2 fully saturated rings. The zero-order valence-electron chi connectivity index (χ0n) is 13.9. The van der Waals surface area contributed by atoms with E-state index >= 15 is 0 Å². The molecule has 1 aromatic heterocycles. The highest BCUT2D eigenvalue weighted by Gasteiger charge is 2.37. The molecule has 2 aliphatic rings. The zero-order valence-corrected chi connectivity index (χ0v) is 14.8. The van der Waals surface area contributed by atoms with Crippen LogP contribution in [0.15, 0.2) is 4.90 Å². The Labute approximate surface area is 137 Å². The van der Waals surface area contributed by atoms with Gasteiger partial charge in [-0.1, -0.05) is 0 Å². The number of carbonyl (C=O) groups excluding carboxylic acids is 1. The molecule has 0 aliphatic carbocycles. The Hall–Kier alpha value is -1.41. The number of aryl methyl sites for hydroxylation is 2. The lowest BCUT2D eigenvalue weighted by Gasteiger charge is -2.36. The van der Waals surface area contributed by atoms with E-state index in [2.05, 4.69) is 5.10 Å². The SMILES string of the molecule is Cc1nn(C)c(C)c1S(=O)(=O)N1CCC[C@@H](N2CCCC2=O)C1. The van der Waals surface area contributed by atoms with E-state index in [1.165, 1.54) is 4.31 Å². The van der Waals surface area contributed by atoms with E-state index < -0.39 is 10.0 Å². The molecule has 0 aromatic carbocycles. The summed E-state index contributed by atoms with van der Waals surface area (Å²) in [6.07, 6.45) is 3.13. The predicted octanol–water partition coefficient (Wildman–Crippen LogP) is 0.812. The molecule has 0 N–H and O–H groups in total. The van der Waals surface area contributed by atoms with Crippen molar-refractivity contribution >= 4 is 15.9 Å². The molecule has 3 rings (SSSR count). The van der Waals surface area contributed by atoms with Crippen molar-refractivity contribution in [2.75, 3.05) is 19.6 Å².